The van der Waals surface area contributed by atoms with Crippen LogP contribution in [-0.2, 0) is 22.6 Å². The average molecular weight is 322 g/mol. The molecule has 1 unspecified atom stereocenters. The molecule has 24 heavy (non-hydrogen) atoms. The molecule has 124 valence electrons. The lowest BCUT2D eigenvalue weighted by Crippen LogP contribution is -2.47. The Bertz CT molecular complexity index is 727. The van der Waals surface area contributed by atoms with E-state index in [-0.39, 0.29) is 11.8 Å². The molecule has 2 aromatic carbocycles. The van der Waals surface area contributed by atoms with Crippen molar-refractivity contribution < 1.29 is 9.59 Å². The van der Waals surface area contributed by atoms with Crippen molar-refractivity contribution in [2.24, 2.45) is 0 Å². The summed E-state index contributed by atoms with van der Waals surface area (Å²) < 4.78 is 0. The summed E-state index contributed by atoms with van der Waals surface area (Å²) in [7, 11) is 0. The second kappa shape index (κ2) is 7.30. The Morgan fingerprint density at radius 3 is 2.58 bits per heavy atom. The molecule has 1 atom stereocenters. The Morgan fingerprint density at radius 1 is 1.12 bits per heavy atom. The average Bonchev–Trinajstić information content (AvgIpc) is 2.61. The number of amides is 2. The van der Waals surface area contributed by atoms with Crippen molar-refractivity contribution in [2.45, 2.75) is 32.4 Å². The predicted octanol–water partition coefficient (Wildman–Crippen LogP) is 2.84. The monoisotopic (exact) mass is 322 g/mol. The molecule has 0 aliphatic carbocycles. The first-order valence-electron chi connectivity index (χ1n) is 8.39. The highest BCUT2D eigenvalue weighted by molar-refractivity contribution is 5.92. The Labute approximate surface area is 142 Å². The van der Waals surface area contributed by atoms with E-state index in [4.69, 9.17) is 0 Å². The normalized spacial score (nSPS) is 16.6. The van der Waals surface area contributed by atoms with Crippen molar-refractivity contribution in [2.75, 3.05) is 6.54 Å². The molecular formula is C20H22N2O2. The number of nitrogens with zero attached hydrogens (tertiary/aromatic N) is 1. The lowest BCUT2D eigenvalue weighted by molar-refractivity contribution is -0.142. The van der Waals surface area contributed by atoms with Gasteiger partial charge in [0.15, 0.2) is 0 Å². The first kappa shape index (κ1) is 16.2. The topological polar surface area (TPSA) is 49.4 Å². The largest absolute Gasteiger partial charge is 0.354 e. The van der Waals surface area contributed by atoms with Crippen LogP contribution in [0, 0.1) is 0 Å². The maximum atomic E-state index is 12.8. The molecule has 2 aromatic rings. The van der Waals surface area contributed by atoms with E-state index in [1.54, 1.807) is 4.90 Å². The molecular weight excluding hydrogens is 300 g/mol. The van der Waals surface area contributed by atoms with Gasteiger partial charge in [-0.2, -0.15) is 0 Å². The smallest absolute Gasteiger partial charge is 0.247 e. The van der Waals surface area contributed by atoms with E-state index in [0.29, 0.717) is 19.5 Å². The van der Waals surface area contributed by atoms with E-state index < -0.39 is 6.04 Å². The van der Waals surface area contributed by atoms with Crippen LogP contribution >= 0.6 is 0 Å². The maximum Gasteiger partial charge on any atom is 0.247 e. The maximum absolute atomic E-state index is 12.8. The van der Waals surface area contributed by atoms with Crippen LogP contribution in [0.4, 0.5) is 0 Å². The first-order valence-corrected chi connectivity index (χ1v) is 8.39. The standard InChI is InChI=1S/C20H22N2O2/c1-2-12-21-20(24)19-17-11-7-6-10-16(17)13-18(23)22(19)14-15-8-4-3-5-9-15/h3-11,19H,2,12-14H2,1H3,(H,21,24). The number of benzene rings is 2. The first-order chi connectivity index (χ1) is 11.7. The minimum absolute atomic E-state index is 0.00537. The molecule has 1 aliphatic rings. The third kappa shape index (κ3) is 3.32. The van der Waals surface area contributed by atoms with Crippen LogP contribution < -0.4 is 5.32 Å². The van der Waals surface area contributed by atoms with Gasteiger partial charge in [0, 0.05) is 13.1 Å². The fraction of sp³-hybridized carbons (Fsp3) is 0.300. The molecule has 2 amide bonds. The molecule has 0 fully saturated rings. The van der Waals surface area contributed by atoms with E-state index in [0.717, 1.165) is 23.1 Å². The fourth-order valence-corrected chi connectivity index (χ4v) is 3.13. The van der Waals surface area contributed by atoms with E-state index in [1.165, 1.54) is 0 Å². The summed E-state index contributed by atoms with van der Waals surface area (Å²) in [5.41, 5.74) is 2.91. The van der Waals surface area contributed by atoms with Gasteiger partial charge >= 0.3 is 0 Å². The van der Waals surface area contributed by atoms with Gasteiger partial charge in [-0.15, -0.1) is 0 Å². The highest BCUT2D eigenvalue weighted by atomic mass is 16.2. The van der Waals surface area contributed by atoms with Gasteiger partial charge in [0.2, 0.25) is 11.8 Å². The van der Waals surface area contributed by atoms with Gasteiger partial charge in [-0.3, -0.25) is 9.59 Å². The number of hydrogen-bond donors (Lipinski definition) is 1. The fourth-order valence-electron chi connectivity index (χ4n) is 3.13. The van der Waals surface area contributed by atoms with Crippen molar-refractivity contribution in [3.8, 4) is 0 Å². The Morgan fingerprint density at radius 2 is 1.83 bits per heavy atom. The minimum Gasteiger partial charge on any atom is -0.354 e. The molecule has 0 bridgehead atoms. The zero-order chi connectivity index (χ0) is 16.9. The molecule has 4 nitrogen and oxygen atoms in total. The minimum atomic E-state index is -0.561. The van der Waals surface area contributed by atoms with Gasteiger partial charge in [0.05, 0.1) is 6.42 Å². The predicted molar refractivity (Wildman–Crippen MR) is 93.2 cm³/mol. The molecule has 0 aromatic heterocycles. The summed E-state index contributed by atoms with van der Waals surface area (Å²) in [6.45, 7) is 3.07. The van der Waals surface area contributed by atoms with Crippen molar-refractivity contribution in [3.63, 3.8) is 0 Å². The summed E-state index contributed by atoms with van der Waals surface area (Å²) in [4.78, 5) is 27.2. The molecule has 0 saturated carbocycles. The molecule has 1 heterocycles. The van der Waals surface area contributed by atoms with Gasteiger partial charge in [-0.25, -0.2) is 0 Å². The van der Waals surface area contributed by atoms with Crippen LogP contribution in [0.5, 0.6) is 0 Å². The number of hydrogen-bond acceptors (Lipinski definition) is 2. The molecule has 0 saturated heterocycles. The van der Waals surface area contributed by atoms with Gasteiger partial charge in [0.25, 0.3) is 0 Å². The summed E-state index contributed by atoms with van der Waals surface area (Å²) in [6.07, 6.45) is 1.22. The third-order valence-electron chi connectivity index (χ3n) is 4.32. The quantitative estimate of drug-likeness (QED) is 0.920. The Hall–Kier alpha value is -2.62. The molecule has 0 spiro atoms. The Kier molecular flexibility index (Phi) is 4.94. The highest BCUT2D eigenvalue weighted by Crippen LogP contribution is 2.31. The van der Waals surface area contributed by atoms with Crippen LogP contribution in [0.25, 0.3) is 0 Å². The molecule has 4 heteroatoms. The van der Waals surface area contributed by atoms with Crippen molar-refractivity contribution >= 4 is 11.8 Å². The zero-order valence-electron chi connectivity index (χ0n) is 13.9. The second-order valence-corrected chi connectivity index (χ2v) is 6.08. The van der Waals surface area contributed by atoms with E-state index in [9.17, 15) is 9.59 Å². The van der Waals surface area contributed by atoms with Crippen molar-refractivity contribution in [1.82, 2.24) is 10.2 Å². The SMILES string of the molecule is CCCNC(=O)C1c2ccccc2CC(=O)N1Cc1ccccc1. The molecule has 1 aliphatic heterocycles. The lowest BCUT2D eigenvalue weighted by Gasteiger charge is -2.36. The summed E-state index contributed by atoms with van der Waals surface area (Å²) >= 11 is 0. The van der Waals surface area contributed by atoms with E-state index >= 15 is 0 Å². The van der Waals surface area contributed by atoms with Crippen LogP contribution in [0.3, 0.4) is 0 Å². The summed E-state index contributed by atoms with van der Waals surface area (Å²) in [5, 5.41) is 2.95. The number of nitrogens with one attached hydrogen (secondary N) is 1. The number of fused-ring (bicyclic) bond motifs is 1. The third-order valence-corrected chi connectivity index (χ3v) is 4.32. The van der Waals surface area contributed by atoms with Gasteiger partial charge < -0.3 is 10.2 Å². The van der Waals surface area contributed by atoms with Gasteiger partial charge in [-0.1, -0.05) is 61.5 Å². The number of carbonyl (C=O) groups excluding carboxylic acids is 2. The lowest BCUT2D eigenvalue weighted by atomic mass is 9.91. The van der Waals surface area contributed by atoms with Gasteiger partial charge in [-0.05, 0) is 23.1 Å². The van der Waals surface area contributed by atoms with Crippen LogP contribution in [0.15, 0.2) is 54.6 Å². The van der Waals surface area contributed by atoms with Crippen molar-refractivity contribution in [3.05, 3.63) is 71.3 Å². The number of carbonyl (C=O) groups is 2. The summed E-state index contributed by atoms with van der Waals surface area (Å²) in [5.74, 6) is -0.109. The zero-order valence-corrected chi connectivity index (χ0v) is 13.9. The number of rotatable bonds is 5. The molecule has 1 N–H and O–H groups in total. The second-order valence-electron chi connectivity index (χ2n) is 6.08. The van der Waals surface area contributed by atoms with E-state index in [1.807, 2.05) is 61.5 Å². The molecule has 3 rings (SSSR count). The van der Waals surface area contributed by atoms with E-state index in [2.05, 4.69) is 5.32 Å². The molecule has 0 radical (unpaired) electrons. The summed E-state index contributed by atoms with van der Waals surface area (Å²) in [6, 6.07) is 17.0. The Balaban J connectivity index is 1.95. The van der Waals surface area contributed by atoms with Gasteiger partial charge in [0.1, 0.15) is 6.04 Å². The van der Waals surface area contributed by atoms with Crippen LogP contribution in [0.2, 0.25) is 0 Å². The van der Waals surface area contributed by atoms with Crippen molar-refractivity contribution in [1.29, 1.82) is 0 Å². The van der Waals surface area contributed by atoms with Crippen LogP contribution in [-0.4, -0.2) is 23.3 Å². The van der Waals surface area contributed by atoms with Crippen LogP contribution in [0.1, 0.15) is 36.1 Å². The highest BCUT2D eigenvalue weighted by Gasteiger charge is 2.36.